The first kappa shape index (κ1) is 18.2. The Bertz CT molecular complexity index is 552. The predicted octanol–water partition coefficient (Wildman–Crippen LogP) is 0.565. The average molecular weight is 346 g/mol. The number of morpholine rings is 1. The highest BCUT2D eigenvalue weighted by Gasteiger charge is 2.21. The Kier molecular flexibility index (Phi) is 6.67. The second kappa shape index (κ2) is 9.17. The molecule has 25 heavy (non-hydrogen) atoms. The van der Waals surface area contributed by atoms with Gasteiger partial charge in [-0.05, 0) is 24.6 Å². The first-order chi connectivity index (χ1) is 12.2. The van der Waals surface area contributed by atoms with Gasteiger partial charge in [0.1, 0.15) is 0 Å². The molecule has 3 rings (SSSR count). The van der Waals surface area contributed by atoms with Crippen LogP contribution in [0.2, 0.25) is 0 Å². The summed E-state index contributed by atoms with van der Waals surface area (Å²) >= 11 is 0. The summed E-state index contributed by atoms with van der Waals surface area (Å²) in [7, 11) is 0. The van der Waals surface area contributed by atoms with Crippen LogP contribution >= 0.6 is 0 Å². The van der Waals surface area contributed by atoms with Crippen LogP contribution in [0.4, 0.5) is 5.69 Å². The van der Waals surface area contributed by atoms with E-state index in [0.717, 1.165) is 65.6 Å². The number of amides is 1. The van der Waals surface area contributed by atoms with E-state index in [-0.39, 0.29) is 5.91 Å². The van der Waals surface area contributed by atoms with Gasteiger partial charge in [-0.15, -0.1) is 0 Å². The molecule has 0 aromatic heterocycles. The molecule has 138 valence electrons. The lowest BCUT2D eigenvalue weighted by Crippen LogP contribution is -2.51. The predicted molar refractivity (Wildman–Crippen MR) is 100 cm³/mol. The monoisotopic (exact) mass is 346 g/mol. The standard InChI is InChI=1S/C19H30N4O2/c1-17-3-2-4-18(15-17)22-7-9-23(10-8-22)19(24)16-20-5-6-21-11-13-25-14-12-21/h2-4,15,20H,5-14,16H2,1H3. The van der Waals surface area contributed by atoms with E-state index in [1.807, 2.05) is 4.90 Å². The molecule has 6 nitrogen and oxygen atoms in total. The fourth-order valence-corrected chi connectivity index (χ4v) is 3.41. The molecule has 2 saturated heterocycles. The largest absolute Gasteiger partial charge is 0.379 e. The van der Waals surface area contributed by atoms with E-state index in [9.17, 15) is 4.79 Å². The van der Waals surface area contributed by atoms with E-state index < -0.39 is 0 Å². The lowest BCUT2D eigenvalue weighted by molar-refractivity contribution is -0.130. The van der Waals surface area contributed by atoms with E-state index >= 15 is 0 Å². The fraction of sp³-hybridized carbons (Fsp3) is 0.632. The van der Waals surface area contributed by atoms with Gasteiger partial charge >= 0.3 is 0 Å². The molecular formula is C19H30N4O2. The van der Waals surface area contributed by atoms with Gasteiger partial charge in [0.05, 0.1) is 19.8 Å². The van der Waals surface area contributed by atoms with Gasteiger partial charge in [0.15, 0.2) is 0 Å². The zero-order valence-electron chi connectivity index (χ0n) is 15.2. The van der Waals surface area contributed by atoms with Crippen molar-refractivity contribution < 1.29 is 9.53 Å². The zero-order valence-corrected chi connectivity index (χ0v) is 15.2. The summed E-state index contributed by atoms with van der Waals surface area (Å²) in [6, 6.07) is 8.58. The molecule has 2 aliphatic heterocycles. The van der Waals surface area contributed by atoms with Crippen molar-refractivity contribution in [1.29, 1.82) is 0 Å². The quantitative estimate of drug-likeness (QED) is 0.763. The van der Waals surface area contributed by atoms with Crippen LogP contribution in [-0.4, -0.2) is 87.8 Å². The molecule has 2 fully saturated rings. The SMILES string of the molecule is Cc1cccc(N2CCN(C(=O)CNCCN3CCOCC3)CC2)c1. The first-order valence-corrected chi connectivity index (χ1v) is 9.32. The van der Waals surface area contributed by atoms with Crippen molar-refractivity contribution in [1.82, 2.24) is 15.1 Å². The first-order valence-electron chi connectivity index (χ1n) is 9.32. The van der Waals surface area contributed by atoms with E-state index in [1.165, 1.54) is 11.3 Å². The number of aryl methyl sites for hydroxylation is 1. The second-order valence-corrected chi connectivity index (χ2v) is 6.84. The summed E-state index contributed by atoms with van der Waals surface area (Å²) in [5.41, 5.74) is 2.54. The molecule has 0 bridgehead atoms. The van der Waals surface area contributed by atoms with Gasteiger partial charge in [-0.2, -0.15) is 0 Å². The molecule has 6 heteroatoms. The van der Waals surface area contributed by atoms with Crippen molar-refractivity contribution in [3.8, 4) is 0 Å². The summed E-state index contributed by atoms with van der Waals surface area (Å²) in [5.74, 6) is 0.214. The highest BCUT2D eigenvalue weighted by atomic mass is 16.5. The van der Waals surface area contributed by atoms with Gasteiger partial charge in [-0.25, -0.2) is 0 Å². The lowest BCUT2D eigenvalue weighted by Gasteiger charge is -2.36. The van der Waals surface area contributed by atoms with Gasteiger partial charge in [0.2, 0.25) is 5.91 Å². The molecule has 1 aromatic carbocycles. The molecule has 2 aliphatic rings. The third kappa shape index (κ3) is 5.42. The third-order valence-corrected chi connectivity index (χ3v) is 4.98. The Morgan fingerprint density at radius 1 is 1.12 bits per heavy atom. The van der Waals surface area contributed by atoms with Crippen molar-refractivity contribution in [2.24, 2.45) is 0 Å². The van der Waals surface area contributed by atoms with E-state index in [1.54, 1.807) is 0 Å². The number of carbonyl (C=O) groups excluding carboxylic acids is 1. The molecule has 2 heterocycles. The highest BCUT2D eigenvalue weighted by Crippen LogP contribution is 2.17. The summed E-state index contributed by atoms with van der Waals surface area (Å²) in [4.78, 5) is 19.1. The van der Waals surface area contributed by atoms with Crippen molar-refractivity contribution in [3.63, 3.8) is 0 Å². The van der Waals surface area contributed by atoms with Gasteiger partial charge in [-0.1, -0.05) is 12.1 Å². The molecule has 0 atom stereocenters. The highest BCUT2D eigenvalue weighted by molar-refractivity contribution is 5.78. The Hall–Kier alpha value is -1.63. The smallest absolute Gasteiger partial charge is 0.236 e. The van der Waals surface area contributed by atoms with Gasteiger partial charge in [0.25, 0.3) is 0 Å². The number of hydrogen-bond donors (Lipinski definition) is 1. The molecule has 1 aromatic rings. The van der Waals surface area contributed by atoms with Crippen LogP contribution in [0.5, 0.6) is 0 Å². The molecule has 0 spiro atoms. The number of piperazine rings is 1. The fourth-order valence-electron chi connectivity index (χ4n) is 3.41. The van der Waals surface area contributed by atoms with Crippen molar-refractivity contribution in [2.45, 2.75) is 6.92 Å². The molecular weight excluding hydrogens is 316 g/mol. The average Bonchev–Trinajstić information content (AvgIpc) is 2.66. The van der Waals surface area contributed by atoms with Crippen molar-refractivity contribution >= 4 is 11.6 Å². The number of hydrogen-bond acceptors (Lipinski definition) is 5. The second-order valence-electron chi connectivity index (χ2n) is 6.84. The topological polar surface area (TPSA) is 48.0 Å². The minimum atomic E-state index is 0.214. The maximum Gasteiger partial charge on any atom is 0.236 e. The molecule has 1 N–H and O–H groups in total. The maximum atomic E-state index is 12.4. The summed E-state index contributed by atoms with van der Waals surface area (Å²) in [5, 5.41) is 3.29. The van der Waals surface area contributed by atoms with E-state index in [2.05, 4.69) is 46.3 Å². The number of benzene rings is 1. The van der Waals surface area contributed by atoms with Crippen LogP contribution < -0.4 is 10.2 Å². The van der Waals surface area contributed by atoms with Crippen molar-refractivity contribution in [2.75, 3.05) is 77.0 Å². The third-order valence-electron chi connectivity index (χ3n) is 4.98. The zero-order chi connectivity index (χ0) is 17.5. The number of nitrogens with zero attached hydrogens (tertiary/aromatic N) is 3. The van der Waals surface area contributed by atoms with Gasteiger partial charge < -0.3 is 19.9 Å². The number of rotatable bonds is 6. The van der Waals surface area contributed by atoms with Crippen LogP contribution in [0.1, 0.15) is 5.56 Å². The Morgan fingerprint density at radius 2 is 1.88 bits per heavy atom. The summed E-state index contributed by atoms with van der Waals surface area (Å²) in [6.45, 7) is 11.5. The number of ether oxygens (including phenoxy) is 1. The normalized spacial score (nSPS) is 19.2. The van der Waals surface area contributed by atoms with E-state index in [0.29, 0.717) is 6.54 Å². The number of anilines is 1. The molecule has 0 aliphatic carbocycles. The van der Waals surface area contributed by atoms with Crippen LogP contribution in [0, 0.1) is 6.92 Å². The Labute approximate surface area is 150 Å². The van der Waals surface area contributed by atoms with Crippen LogP contribution in [0.15, 0.2) is 24.3 Å². The maximum absolute atomic E-state index is 12.4. The summed E-state index contributed by atoms with van der Waals surface area (Å²) in [6.07, 6.45) is 0. The molecule has 0 unspecified atom stereocenters. The lowest BCUT2D eigenvalue weighted by atomic mass is 10.2. The van der Waals surface area contributed by atoms with Crippen molar-refractivity contribution in [3.05, 3.63) is 29.8 Å². The van der Waals surface area contributed by atoms with Gasteiger partial charge in [0, 0.05) is 58.0 Å². The minimum Gasteiger partial charge on any atom is -0.379 e. The number of nitrogens with one attached hydrogen (secondary N) is 1. The minimum absolute atomic E-state index is 0.214. The van der Waals surface area contributed by atoms with E-state index in [4.69, 9.17) is 4.74 Å². The van der Waals surface area contributed by atoms with Gasteiger partial charge in [-0.3, -0.25) is 9.69 Å². The molecule has 0 radical (unpaired) electrons. The molecule has 1 amide bonds. The van der Waals surface area contributed by atoms with Crippen LogP contribution in [-0.2, 0) is 9.53 Å². The Morgan fingerprint density at radius 3 is 2.60 bits per heavy atom. The number of carbonyl (C=O) groups is 1. The van der Waals surface area contributed by atoms with Crippen LogP contribution in [0.25, 0.3) is 0 Å². The Balaban J connectivity index is 1.34. The van der Waals surface area contributed by atoms with Crippen LogP contribution in [0.3, 0.4) is 0 Å². The molecule has 0 saturated carbocycles. The summed E-state index contributed by atoms with van der Waals surface area (Å²) < 4.78 is 5.34.